The van der Waals surface area contributed by atoms with Crippen LogP contribution in [0.4, 0.5) is 20.7 Å². The fraction of sp³-hybridized carbons (Fsp3) is 0.100. The average molecular weight is 539 g/mol. The Labute approximate surface area is 202 Å². The molecule has 0 aliphatic carbocycles. The number of anilines is 2. The Hall–Kier alpha value is -3.69. The Balaban J connectivity index is 1.51. The first kappa shape index (κ1) is 24.4. The molecule has 1 aromatic carbocycles. The summed E-state index contributed by atoms with van der Waals surface area (Å²) in [6.07, 6.45) is 1.93. The van der Waals surface area contributed by atoms with Crippen LogP contribution in [0.15, 0.2) is 57.8 Å². The number of carbonyl (C=O) groups excluding carboxylic acids is 3. The van der Waals surface area contributed by atoms with Gasteiger partial charge < -0.3 is 5.32 Å². The minimum atomic E-state index is -4.29. The number of nitrogens with zero attached hydrogens (tertiary/aromatic N) is 2. The first-order chi connectivity index (χ1) is 16.3. The summed E-state index contributed by atoms with van der Waals surface area (Å²) in [5, 5.41) is 1.50. The van der Waals surface area contributed by atoms with Gasteiger partial charge in [0.05, 0.1) is 23.2 Å². The maximum absolute atomic E-state index is 13.1. The summed E-state index contributed by atoms with van der Waals surface area (Å²) < 4.78 is 62.3. The third-order valence-corrected chi connectivity index (χ3v) is 8.62. The second-order valence-corrected chi connectivity index (χ2v) is 12.3. The fourth-order valence-electron chi connectivity index (χ4n) is 3.21. The maximum Gasteiger partial charge on any atom is 0.333 e. The highest BCUT2D eigenvalue weighted by Crippen LogP contribution is 2.27. The number of sulfone groups is 1. The number of hydrogen-bond donors (Lipinski definition) is 2. The number of fused-ring (bicyclic) bond motifs is 1. The molecule has 11 nitrogen and oxygen atoms in total. The number of halogens is 1. The van der Waals surface area contributed by atoms with Crippen LogP contribution >= 0.6 is 11.3 Å². The molecule has 2 aromatic heterocycles. The van der Waals surface area contributed by atoms with Crippen LogP contribution in [0.25, 0.3) is 0 Å². The number of aromatic nitrogens is 1. The Morgan fingerprint density at radius 1 is 1.09 bits per heavy atom. The monoisotopic (exact) mass is 538 g/mol. The standard InChI is InChI=1S/C20H15FN4O7S3/c1-34(29,30)13-4-2-11-8-17(26)25(19(27)14(11)9-13)16-6-3-12(10-22-16)23-20(28)24-35(31,32)18-7-5-15(21)33-18/h2-7,9-10H,8H2,1H3,(H2,23,24,28). The molecule has 35 heavy (non-hydrogen) atoms. The van der Waals surface area contributed by atoms with Crippen molar-refractivity contribution in [2.75, 3.05) is 16.5 Å². The molecule has 0 bridgehead atoms. The van der Waals surface area contributed by atoms with Crippen molar-refractivity contribution in [1.82, 2.24) is 9.71 Å². The summed E-state index contributed by atoms with van der Waals surface area (Å²) in [7, 11) is -7.87. The molecule has 0 spiro atoms. The molecule has 182 valence electrons. The van der Waals surface area contributed by atoms with Crippen molar-refractivity contribution in [3.8, 4) is 0 Å². The van der Waals surface area contributed by atoms with Crippen LogP contribution in [0.1, 0.15) is 15.9 Å². The van der Waals surface area contributed by atoms with Gasteiger partial charge in [-0.25, -0.2) is 36.2 Å². The van der Waals surface area contributed by atoms with Gasteiger partial charge in [0, 0.05) is 11.8 Å². The minimum Gasteiger partial charge on any atom is -0.306 e. The highest BCUT2D eigenvalue weighted by atomic mass is 32.2. The lowest BCUT2D eigenvalue weighted by Gasteiger charge is -2.26. The van der Waals surface area contributed by atoms with E-state index >= 15 is 0 Å². The van der Waals surface area contributed by atoms with Gasteiger partial charge in [0.1, 0.15) is 10.0 Å². The summed E-state index contributed by atoms with van der Waals surface area (Å²) in [6.45, 7) is 0. The molecule has 1 aliphatic heterocycles. The van der Waals surface area contributed by atoms with Gasteiger partial charge >= 0.3 is 6.03 Å². The van der Waals surface area contributed by atoms with Crippen LogP contribution in [0.2, 0.25) is 0 Å². The summed E-state index contributed by atoms with van der Waals surface area (Å²) in [6, 6.07) is 7.29. The number of sulfonamides is 1. The predicted molar refractivity (Wildman–Crippen MR) is 123 cm³/mol. The van der Waals surface area contributed by atoms with Crippen LogP contribution in [-0.2, 0) is 31.1 Å². The van der Waals surface area contributed by atoms with Crippen molar-refractivity contribution in [3.05, 3.63) is 64.9 Å². The van der Waals surface area contributed by atoms with Crippen LogP contribution < -0.4 is 14.9 Å². The molecule has 3 heterocycles. The van der Waals surface area contributed by atoms with Crippen LogP contribution in [0, 0.1) is 5.13 Å². The van der Waals surface area contributed by atoms with Crippen LogP contribution in [0.3, 0.4) is 0 Å². The highest BCUT2D eigenvalue weighted by Gasteiger charge is 2.33. The van der Waals surface area contributed by atoms with Gasteiger partial charge in [-0.1, -0.05) is 17.4 Å². The molecular formula is C20H15FN4O7S3. The molecule has 0 fully saturated rings. The number of pyridine rings is 1. The third-order valence-electron chi connectivity index (χ3n) is 4.81. The van der Waals surface area contributed by atoms with E-state index < -0.39 is 42.8 Å². The van der Waals surface area contributed by atoms with Crippen LogP contribution in [-0.4, -0.2) is 45.9 Å². The lowest BCUT2D eigenvalue weighted by Crippen LogP contribution is -2.43. The van der Waals surface area contributed by atoms with Crippen molar-refractivity contribution in [3.63, 3.8) is 0 Å². The Bertz CT molecular complexity index is 1580. The van der Waals surface area contributed by atoms with E-state index in [4.69, 9.17) is 0 Å². The van der Waals surface area contributed by atoms with Crippen LogP contribution in [0.5, 0.6) is 0 Å². The molecule has 3 aromatic rings. The molecule has 15 heteroatoms. The number of hydrogen-bond acceptors (Lipinski definition) is 9. The molecule has 1 aliphatic rings. The number of imide groups is 1. The van der Waals surface area contributed by atoms with Gasteiger partial charge in [-0.05, 0) is 42.0 Å². The second kappa shape index (κ2) is 8.83. The first-order valence-electron chi connectivity index (χ1n) is 9.60. The van der Waals surface area contributed by atoms with E-state index in [1.165, 1.54) is 30.3 Å². The molecule has 4 rings (SSSR count). The lowest BCUT2D eigenvalue weighted by molar-refractivity contribution is -0.117. The van der Waals surface area contributed by atoms with Crippen molar-refractivity contribution >= 4 is 60.5 Å². The average Bonchev–Trinajstić information content (AvgIpc) is 3.21. The normalized spacial score (nSPS) is 13.9. The van der Waals surface area contributed by atoms with Gasteiger partial charge in [0.15, 0.2) is 15.0 Å². The molecule has 0 saturated carbocycles. The molecule has 0 radical (unpaired) electrons. The van der Waals surface area contributed by atoms with E-state index in [9.17, 15) is 35.6 Å². The van der Waals surface area contributed by atoms with Crippen molar-refractivity contribution in [2.24, 2.45) is 0 Å². The first-order valence-corrected chi connectivity index (χ1v) is 13.8. The maximum atomic E-state index is 13.1. The summed E-state index contributed by atoms with van der Waals surface area (Å²) >= 11 is 0.346. The minimum absolute atomic E-state index is 0.0375. The number of rotatable bonds is 5. The smallest absolute Gasteiger partial charge is 0.306 e. The number of benzene rings is 1. The van der Waals surface area contributed by atoms with E-state index in [0.29, 0.717) is 16.9 Å². The topological polar surface area (TPSA) is 160 Å². The summed E-state index contributed by atoms with van der Waals surface area (Å²) in [5.74, 6) is -1.43. The van der Waals surface area contributed by atoms with E-state index in [2.05, 4.69) is 10.3 Å². The quantitative estimate of drug-likeness (QED) is 0.466. The van der Waals surface area contributed by atoms with E-state index in [1.807, 2.05) is 0 Å². The largest absolute Gasteiger partial charge is 0.333 e. The van der Waals surface area contributed by atoms with Gasteiger partial charge in [-0.15, -0.1) is 0 Å². The number of carbonyl (C=O) groups is 3. The fourth-order valence-corrected chi connectivity index (χ4v) is 5.77. The summed E-state index contributed by atoms with van der Waals surface area (Å²) in [5.41, 5.74) is 0.465. The number of urea groups is 1. The van der Waals surface area contributed by atoms with E-state index in [1.54, 1.807) is 4.72 Å². The van der Waals surface area contributed by atoms with Crippen molar-refractivity contribution in [1.29, 1.82) is 0 Å². The Kier molecular flexibility index (Phi) is 6.16. The zero-order chi connectivity index (χ0) is 25.5. The Morgan fingerprint density at radius 2 is 1.83 bits per heavy atom. The van der Waals surface area contributed by atoms with Gasteiger partial charge in [0.25, 0.3) is 15.9 Å². The molecule has 2 N–H and O–H groups in total. The predicted octanol–water partition coefficient (Wildman–Crippen LogP) is 1.93. The zero-order valence-electron chi connectivity index (χ0n) is 17.7. The van der Waals surface area contributed by atoms with Crippen molar-refractivity contribution < 1.29 is 35.6 Å². The van der Waals surface area contributed by atoms with E-state index in [0.717, 1.165) is 29.5 Å². The molecule has 0 atom stereocenters. The van der Waals surface area contributed by atoms with Gasteiger partial charge in [-0.2, -0.15) is 4.39 Å². The van der Waals surface area contributed by atoms with E-state index in [-0.39, 0.29) is 32.6 Å². The highest BCUT2D eigenvalue weighted by molar-refractivity contribution is 7.92. The second-order valence-electron chi connectivity index (χ2n) is 7.33. The molecular weight excluding hydrogens is 523 g/mol. The third kappa shape index (κ3) is 5.06. The Morgan fingerprint density at radius 3 is 2.43 bits per heavy atom. The lowest BCUT2D eigenvalue weighted by atomic mass is 9.98. The SMILES string of the molecule is CS(=O)(=O)c1ccc2c(c1)C(=O)N(c1ccc(NC(=O)NS(=O)(=O)c3ccc(F)s3)cn1)C(=O)C2. The van der Waals surface area contributed by atoms with Gasteiger partial charge in [0.2, 0.25) is 5.91 Å². The van der Waals surface area contributed by atoms with Gasteiger partial charge in [-0.3, -0.25) is 9.59 Å². The number of nitrogens with one attached hydrogen (secondary N) is 2. The molecule has 0 unspecified atom stereocenters. The molecule has 0 saturated heterocycles. The number of amides is 4. The van der Waals surface area contributed by atoms with Crippen molar-refractivity contribution in [2.45, 2.75) is 15.5 Å². The molecule has 4 amide bonds. The zero-order valence-corrected chi connectivity index (χ0v) is 20.1. The summed E-state index contributed by atoms with van der Waals surface area (Å²) in [4.78, 5) is 42.3. The number of thiophene rings is 1.